The van der Waals surface area contributed by atoms with E-state index in [-0.39, 0.29) is 18.4 Å². The van der Waals surface area contributed by atoms with Gasteiger partial charge in [-0.3, -0.25) is 4.90 Å². The molecule has 0 saturated heterocycles. The number of nitrogens with zero attached hydrogens (tertiary/aromatic N) is 1. The number of sulfone groups is 1. The summed E-state index contributed by atoms with van der Waals surface area (Å²) in [4.78, 5) is 1.98. The molecule has 0 amide bonds. The molecule has 0 rings (SSSR count). The van der Waals surface area contributed by atoms with E-state index in [1.807, 2.05) is 18.7 Å². The summed E-state index contributed by atoms with van der Waals surface area (Å²) in [7, 11) is -3.07. The number of hydrogen-bond donors (Lipinski definition) is 1. The molecule has 0 aliphatic rings. The minimum atomic E-state index is -3.07. The lowest BCUT2D eigenvalue weighted by Crippen LogP contribution is -2.40. The fraction of sp³-hybridized carbons (Fsp3) is 1.00. The maximum Gasteiger partial charge on any atom is 0.156 e. The lowest BCUT2D eigenvalue weighted by atomic mass is 10.3. The largest absolute Gasteiger partial charge is 0.395 e. The lowest BCUT2D eigenvalue weighted by Gasteiger charge is -2.27. The van der Waals surface area contributed by atoms with Crippen molar-refractivity contribution in [1.29, 1.82) is 0 Å². The molecule has 0 aliphatic carbocycles. The third-order valence-corrected chi connectivity index (χ3v) is 5.28. The maximum atomic E-state index is 11.9. The van der Waals surface area contributed by atoms with E-state index in [0.717, 1.165) is 0 Å². The van der Waals surface area contributed by atoms with E-state index in [2.05, 4.69) is 0 Å². The van der Waals surface area contributed by atoms with E-state index in [9.17, 15) is 8.42 Å². The van der Waals surface area contributed by atoms with Crippen LogP contribution in [-0.2, 0) is 9.84 Å². The summed E-state index contributed by atoms with van der Waals surface area (Å²) in [6.45, 7) is 10.2. The summed E-state index contributed by atoms with van der Waals surface area (Å²) in [5, 5.41) is 8.88. The van der Waals surface area contributed by atoms with Crippen molar-refractivity contribution in [1.82, 2.24) is 4.90 Å². The molecule has 0 aromatic heterocycles. The molecule has 0 fully saturated rings. The molecule has 16 heavy (non-hydrogen) atoms. The standard InChI is InChI=1S/C11H25NO3S/c1-10(2)12(6-8-13)7-9-16(14,15)11(3,4)5/h10,13H,6-9H2,1-5H3. The summed E-state index contributed by atoms with van der Waals surface area (Å²) in [5.74, 6) is 0.147. The molecular formula is C11H25NO3S. The molecule has 1 N–H and O–H groups in total. The maximum absolute atomic E-state index is 11.9. The van der Waals surface area contributed by atoms with Gasteiger partial charge in [-0.05, 0) is 34.6 Å². The predicted molar refractivity (Wildman–Crippen MR) is 67.3 cm³/mol. The zero-order chi connectivity index (χ0) is 13.0. The first-order chi connectivity index (χ1) is 7.12. The van der Waals surface area contributed by atoms with Crippen LogP contribution in [0.2, 0.25) is 0 Å². The Morgan fingerprint density at radius 1 is 1.19 bits per heavy atom. The molecule has 98 valence electrons. The van der Waals surface area contributed by atoms with Crippen molar-refractivity contribution < 1.29 is 13.5 Å². The third kappa shape index (κ3) is 4.80. The number of aliphatic hydroxyl groups is 1. The summed E-state index contributed by atoms with van der Waals surface area (Å²) >= 11 is 0. The van der Waals surface area contributed by atoms with Crippen LogP contribution < -0.4 is 0 Å². The highest BCUT2D eigenvalue weighted by Crippen LogP contribution is 2.16. The number of aliphatic hydroxyl groups excluding tert-OH is 1. The van der Waals surface area contributed by atoms with Crippen molar-refractivity contribution in [2.45, 2.75) is 45.4 Å². The Morgan fingerprint density at radius 2 is 1.69 bits per heavy atom. The summed E-state index contributed by atoms with van der Waals surface area (Å²) in [6, 6.07) is 0.252. The Kier molecular flexibility index (Phi) is 5.93. The minimum Gasteiger partial charge on any atom is -0.395 e. The molecule has 0 bridgehead atoms. The summed E-state index contributed by atoms with van der Waals surface area (Å²) in [5.41, 5.74) is 0. The van der Waals surface area contributed by atoms with Gasteiger partial charge in [0.2, 0.25) is 0 Å². The Morgan fingerprint density at radius 3 is 2.00 bits per heavy atom. The van der Waals surface area contributed by atoms with Crippen LogP contribution in [0.5, 0.6) is 0 Å². The van der Waals surface area contributed by atoms with Gasteiger partial charge < -0.3 is 5.11 Å². The van der Waals surface area contributed by atoms with Gasteiger partial charge in [-0.15, -0.1) is 0 Å². The molecule has 0 unspecified atom stereocenters. The first-order valence-corrected chi connectivity index (χ1v) is 7.34. The normalized spacial score (nSPS) is 13.8. The molecule has 0 heterocycles. The fourth-order valence-corrected chi connectivity index (χ4v) is 2.39. The van der Waals surface area contributed by atoms with Crippen LogP contribution in [0.25, 0.3) is 0 Å². The molecule has 0 spiro atoms. The summed E-state index contributed by atoms with van der Waals surface area (Å²) < 4.78 is 23.1. The molecule has 0 aromatic rings. The molecule has 0 radical (unpaired) electrons. The fourth-order valence-electron chi connectivity index (χ4n) is 1.30. The number of hydrogen-bond acceptors (Lipinski definition) is 4. The first kappa shape index (κ1) is 15.9. The number of rotatable bonds is 6. The van der Waals surface area contributed by atoms with Gasteiger partial charge in [0.25, 0.3) is 0 Å². The highest BCUT2D eigenvalue weighted by atomic mass is 32.2. The van der Waals surface area contributed by atoms with Crippen LogP contribution in [0.3, 0.4) is 0 Å². The van der Waals surface area contributed by atoms with Gasteiger partial charge >= 0.3 is 0 Å². The van der Waals surface area contributed by atoms with E-state index < -0.39 is 14.6 Å². The smallest absolute Gasteiger partial charge is 0.156 e. The van der Waals surface area contributed by atoms with Crippen molar-refractivity contribution >= 4 is 9.84 Å². The van der Waals surface area contributed by atoms with Gasteiger partial charge in [0.15, 0.2) is 9.84 Å². The van der Waals surface area contributed by atoms with Gasteiger partial charge in [0.1, 0.15) is 0 Å². The highest BCUT2D eigenvalue weighted by molar-refractivity contribution is 7.92. The third-order valence-electron chi connectivity index (χ3n) is 2.70. The molecule has 0 saturated carbocycles. The van der Waals surface area contributed by atoms with Crippen molar-refractivity contribution in [3.8, 4) is 0 Å². The second kappa shape index (κ2) is 5.98. The second-order valence-corrected chi connectivity index (χ2v) is 8.15. The molecule has 0 aliphatic heterocycles. The van der Waals surface area contributed by atoms with Gasteiger partial charge in [-0.1, -0.05) is 0 Å². The van der Waals surface area contributed by atoms with Crippen molar-refractivity contribution in [3.63, 3.8) is 0 Å². The topological polar surface area (TPSA) is 57.6 Å². The average molecular weight is 251 g/mol. The van der Waals surface area contributed by atoms with Crippen molar-refractivity contribution in [3.05, 3.63) is 0 Å². The van der Waals surface area contributed by atoms with Crippen molar-refractivity contribution in [2.24, 2.45) is 0 Å². The van der Waals surface area contributed by atoms with E-state index in [1.165, 1.54) is 0 Å². The van der Waals surface area contributed by atoms with E-state index in [0.29, 0.717) is 13.1 Å². The predicted octanol–water partition coefficient (Wildman–Crippen LogP) is 0.902. The van der Waals surface area contributed by atoms with E-state index in [1.54, 1.807) is 20.8 Å². The Bertz CT molecular complexity index is 291. The average Bonchev–Trinajstić information content (AvgIpc) is 2.09. The van der Waals surface area contributed by atoms with Crippen LogP contribution in [0.1, 0.15) is 34.6 Å². The second-order valence-electron chi connectivity index (χ2n) is 5.28. The Labute approximate surface area is 99.6 Å². The Balaban J connectivity index is 4.43. The van der Waals surface area contributed by atoms with Gasteiger partial charge in [-0.2, -0.15) is 0 Å². The quantitative estimate of drug-likeness (QED) is 0.762. The van der Waals surface area contributed by atoms with Gasteiger partial charge in [0.05, 0.1) is 17.1 Å². The summed E-state index contributed by atoms with van der Waals surface area (Å²) in [6.07, 6.45) is 0. The molecule has 4 nitrogen and oxygen atoms in total. The van der Waals surface area contributed by atoms with Gasteiger partial charge in [0, 0.05) is 19.1 Å². The zero-order valence-corrected chi connectivity index (χ0v) is 11.8. The minimum absolute atomic E-state index is 0.0632. The highest BCUT2D eigenvalue weighted by Gasteiger charge is 2.29. The monoisotopic (exact) mass is 251 g/mol. The Hall–Kier alpha value is -0.130. The van der Waals surface area contributed by atoms with E-state index >= 15 is 0 Å². The lowest BCUT2D eigenvalue weighted by molar-refractivity contribution is 0.173. The van der Waals surface area contributed by atoms with Gasteiger partial charge in [-0.25, -0.2) is 8.42 Å². The van der Waals surface area contributed by atoms with Crippen LogP contribution in [0.15, 0.2) is 0 Å². The molecular weight excluding hydrogens is 226 g/mol. The van der Waals surface area contributed by atoms with Crippen LogP contribution >= 0.6 is 0 Å². The zero-order valence-electron chi connectivity index (χ0n) is 11.0. The van der Waals surface area contributed by atoms with E-state index in [4.69, 9.17) is 5.11 Å². The molecule has 0 atom stereocenters. The van der Waals surface area contributed by atoms with Crippen LogP contribution in [-0.4, -0.2) is 54.7 Å². The molecule has 0 aromatic carbocycles. The first-order valence-electron chi connectivity index (χ1n) is 5.69. The molecule has 5 heteroatoms. The van der Waals surface area contributed by atoms with Crippen LogP contribution in [0, 0.1) is 0 Å². The van der Waals surface area contributed by atoms with Crippen molar-refractivity contribution in [2.75, 3.05) is 25.4 Å². The SMILES string of the molecule is CC(C)N(CCO)CCS(=O)(=O)C(C)(C)C. The van der Waals surface area contributed by atoms with Crippen LogP contribution in [0.4, 0.5) is 0 Å².